The molecule has 1 aliphatic heterocycles. The van der Waals surface area contributed by atoms with Crippen LogP contribution in [0.1, 0.15) is 26.3 Å². The summed E-state index contributed by atoms with van der Waals surface area (Å²) < 4.78 is 39.6. The topological polar surface area (TPSA) is 84.9 Å². The smallest absolute Gasteiger partial charge is 0.264 e. The first-order chi connectivity index (χ1) is 17.1. The van der Waals surface area contributed by atoms with Gasteiger partial charge in [-0.3, -0.25) is 9.10 Å². The van der Waals surface area contributed by atoms with Gasteiger partial charge in [-0.1, -0.05) is 56.6 Å². The highest BCUT2D eigenvalue weighted by Crippen LogP contribution is 2.37. The van der Waals surface area contributed by atoms with Crippen LogP contribution in [0.5, 0.6) is 11.5 Å². The summed E-state index contributed by atoms with van der Waals surface area (Å²) >= 11 is 5.93. The van der Waals surface area contributed by atoms with E-state index in [1.165, 1.54) is 34.1 Å². The first-order valence-corrected chi connectivity index (χ1v) is 13.4. The number of carbonyl (C=O) groups excluding carboxylic acids is 1. The van der Waals surface area contributed by atoms with Gasteiger partial charge < -0.3 is 14.8 Å². The average Bonchev–Trinajstić information content (AvgIpc) is 2.85. The van der Waals surface area contributed by atoms with Gasteiger partial charge in [0.1, 0.15) is 18.1 Å². The fourth-order valence-corrected chi connectivity index (χ4v) is 5.41. The van der Waals surface area contributed by atoms with Gasteiger partial charge in [-0.2, -0.15) is 0 Å². The van der Waals surface area contributed by atoms with Gasteiger partial charge in [-0.25, -0.2) is 8.42 Å². The number of nitrogens with zero attached hydrogens (tertiary/aromatic N) is 1. The van der Waals surface area contributed by atoms with E-state index in [1.54, 1.807) is 24.3 Å². The second kappa shape index (κ2) is 10.4. The Kier molecular flexibility index (Phi) is 7.47. The molecular formula is C27H29ClN2O5S. The number of nitrogens with one attached hydrogen (secondary N) is 1. The third-order valence-corrected chi connectivity index (χ3v) is 7.87. The van der Waals surface area contributed by atoms with Gasteiger partial charge in [0, 0.05) is 5.02 Å². The Bertz CT molecular complexity index is 1320. The maximum atomic E-state index is 13.4. The minimum absolute atomic E-state index is 0.0556. The number of ether oxygens (including phenoxy) is 2. The highest BCUT2D eigenvalue weighted by atomic mass is 35.5. The molecule has 1 N–H and O–H groups in total. The average molecular weight is 529 g/mol. The van der Waals surface area contributed by atoms with Crippen molar-refractivity contribution >= 4 is 33.2 Å². The van der Waals surface area contributed by atoms with Crippen molar-refractivity contribution in [3.8, 4) is 11.5 Å². The third-order valence-electron chi connectivity index (χ3n) is 5.82. The minimum atomic E-state index is -3.94. The molecule has 3 aromatic carbocycles. The number of rotatable bonds is 7. The fourth-order valence-electron chi connectivity index (χ4n) is 3.81. The van der Waals surface area contributed by atoms with Crippen LogP contribution < -0.4 is 19.1 Å². The zero-order chi connectivity index (χ0) is 25.9. The van der Waals surface area contributed by atoms with Crippen LogP contribution in [0.15, 0.2) is 77.7 Å². The normalized spacial score (nSPS) is 15.6. The Hall–Kier alpha value is -3.23. The summed E-state index contributed by atoms with van der Waals surface area (Å²) in [5.74, 6) is 0.601. The van der Waals surface area contributed by atoms with Gasteiger partial charge in [0.2, 0.25) is 0 Å². The molecule has 7 nitrogen and oxygen atoms in total. The molecule has 190 valence electrons. The van der Waals surface area contributed by atoms with Crippen LogP contribution in [0.4, 0.5) is 5.69 Å². The first kappa shape index (κ1) is 25.9. The van der Waals surface area contributed by atoms with Crippen LogP contribution in [0.2, 0.25) is 5.02 Å². The van der Waals surface area contributed by atoms with Gasteiger partial charge in [-0.05, 0) is 59.5 Å². The number of anilines is 1. The summed E-state index contributed by atoms with van der Waals surface area (Å²) in [5, 5.41) is 3.21. The lowest BCUT2D eigenvalue weighted by molar-refractivity contribution is -0.127. The largest absolute Gasteiger partial charge is 0.492 e. The van der Waals surface area contributed by atoms with Gasteiger partial charge in [-0.15, -0.1) is 0 Å². The second-order valence-corrected chi connectivity index (χ2v) is 11.8. The Balaban J connectivity index is 1.41. The van der Waals surface area contributed by atoms with Crippen molar-refractivity contribution in [3.05, 3.63) is 83.4 Å². The van der Waals surface area contributed by atoms with E-state index in [1.807, 2.05) is 24.3 Å². The standard InChI is InChI=1S/C27H29ClN2O5S/c1-27(2,3)19-8-12-21(13-9-19)34-17-16-29-26(31)25-18-30(23-6-4-5-7-24(23)35-25)36(32,33)22-14-10-20(28)11-15-22/h4-15,25H,16-18H2,1-3H3,(H,29,31)/t25-/m0/s1. The first-order valence-electron chi connectivity index (χ1n) is 11.6. The summed E-state index contributed by atoms with van der Waals surface area (Å²) in [4.78, 5) is 13.0. The molecule has 9 heteroatoms. The molecule has 36 heavy (non-hydrogen) atoms. The van der Waals surface area contributed by atoms with Crippen LogP contribution in [-0.4, -0.2) is 40.1 Å². The maximum Gasteiger partial charge on any atom is 0.264 e. The number of para-hydroxylation sites is 2. The molecule has 0 aromatic heterocycles. The lowest BCUT2D eigenvalue weighted by atomic mass is 9.87. The Labute approximate surface area is 217 Å². The number of fused-ring (bicyclic) bond motifs is 1. The predicted molar refractivity (Wildman–Crippen MR) is 140 cm³/mol. The highest BCUT2D eigenvalue weighted by molar-refractivity contribution is 7.92. The number of hydrogen-bond acceptors (Lipinski definition) is 5. The SMILES string of the molecule is CC(C)(C)c1ccc(OCCNC(=O)[C@@H]2CN(S(=O)(=O)c3ccc(Cl)cc3)c3ccccc3O2)cc1. The van der Waals surface area contributed by atoms with Gasteiger partial charge in [0.25, 0.3) is 15.9 Å². The lowest BCUT2D eigenvalue weighted by Gasteiger charge is -2.34. The zero-order valence-electron chi connectivity index (χ0n) is 20.4. The molecule has 0 fully saturated rings. The van der Waals surface area contributed by atoms with Crippen LogP contribution in [0.25, 0.3) is 0 Å². The summed E-state index contributed by atoms with van der Waals surface area (Å²) in [6, 6.07) is 20.5. The third kappa shape index (κ3) is 5.77. The second-order valence-electron chi connectivity index (χ2n) is 9.48. The number of halogens is 1. The molecule has 0 unspecified atom stereocenters. The van der Waals surface area contributed by atoms with Crippen molar-refractivity contribution in [2.24, 2.45) is 0 Å². The van der Waals surface area contributed by atoms with Gasteiger partial charge in [0.05, 0.1) is 23.7 Å². The van der Waals surface area contributed by atoms with Crippen molar-refractivity contribution in [1.82, 2.24) is 5.32 Å². The highest BCUT2D eigenvalue weighted by Gasteiger charge is 2.37. The van der Waals surface area contributed by atoms with E-state index in [-0.39, 0.29) is 30.0 Å². The molecule has 4 rings (SSSR count). The van der Waals surface area contributed by atoms with Crippen LogP contribution in [0, 0.1) is 0 Å². The summed E-state index contributed by atoms with van der Waals surface area (Å²) in [6.45, 7) is 6.77. The Morgan fingerprint density at radius 3 is 2.39 bits per heavy atom. The predicted octanol–water partition coefficient (Wildman–Crippen LogP) is 4.79. The number of sulfonamides is 1. The van der Waals surface area contributed by atoms with E-state index in [9.17, 15) is 13.2 Å². The van der Waals surface area contributed by atoms with Gasteiger partial charge >= 0.3 is 0 Å². The van der Waals surface area contributed by atoms with Crippen molar-refractivity contribution in [3.63, 3.8) is 0 Å². The molecule has 0 saturated heterocycles. The van der Waals surface area contributed by atoms with E-state index in [4.69, 9.17) is 21.1 Å². The van der Waals surface area contributed by atoms with E-state index in [0.29, 0.717) is 22.2 Å². The molecule has 1 aliphatic rings. The molecule has 0 spiro atoms. The molecule has 3 aromatic rings. The lowest BCUT2D eigenvalue weighted by Crippen LogP contribution is -2.51. The van der Waals surface area contributed by atoms with Crippen LogP contribution in [-0.2, 0) is 20.2 Å². The molecule has 1 amide bonds. The van der Waals surface area contributed by atoms with Crippen molar-refractivity contribution < 1.29 is 22.7 Å². The van der Waals surface area contributed by atoms with Crippen molar-refractivity contribution in [1.29, 1.82) is 0 Å². The number of benzene rings is 3. The number of amides is 1. The van der Waals surface area contributed by atoms with Crippen LogP contribution in [0.3, 0.4) is 0 Å². The molecule has 1 atom stereocenters. The quantitative estimate of drug-likeness (QED) is 0.446. The summed E-state index contributed by atoms with van der Waals surface area (Å²) in [6.07, 6.45) is -1.02. The van der Waals surface area contributed by atoms with E-state index < -0.39 is 22.0 Å². The molecule has 0 aliphatic carbocycles. The molecule has 0 radical (unpaired) electrons. The maximum absolute atomic E-state index is 13.4. The monoisotopic (exact) mass is 528 g/mol. The Morgan fingerprint density at radius 2 is 1.72 bits per heavy atom. The van der Waals surface area contributed by atoms with E-state index in [2.05, 4.69) is 26.1 Å². The minimum Gasteiger partial charge on any atom is -0.492 e. The van der Waals surface area contributed by atoms with E-state index in [0.717, 1.165) is 0 Å². The molecular weight excluding hydrogens is 500 g/mol. The number of hydrogen-bond donors (Lipinski definition) is 1. The van der Waals surface area contributed by atoms with E-state index >= 15 is 0 Å². The van der Waals surface area contributed by atoms with Crippen LogP contribution >= 0.6 is 11.6 Å². The summed E-state index contributed by atoms with van der Waals surface area (Å²) in [5.41, 5.74) is 1.63. The fraction of sp³-hybridized carbons (Fsp3) is 0.296. The molecule has 0 bridgehead atoms. The van der Waals surface area contributed by atoms with Gasteiger partial charge in [0.15, 0.2) is 6.10 Å². The summed E-state index contributed by atoms with van der Waals surface area (Å²) in [7, 11) is -3.94. The molecule has 1 heterocycles. The Morgan fingerprint density at radius 1 is 1.06 bits per heavy atom. The van der Waals surface area contributed by atoms with Crippen molar-refractivity contribution in [2.45, 2.75) is 37.2 Å². The zero-order valence-corrected chi connectivity index (χ0v) is 22.0. The number of carbonyl (C=O) groups is 1. The molecule has 0 saturated carbocycles. The van der Waals surface area contributed by atoms with Crippen molar-refractivity contribution in [2.75, 3.05) is 24.0 Å².